The lowest BCUT2D eigenvalue weighted by molar-refractivity contribution is 0.367. The molecule has 0 aromatic carbocycles. The third kappa shape index (κ3) is 3.54. The van der Waals surface area contributed by atoms with E-state index in [1.807, 2.05) is 0 Å². The maximum Gasteiger partial charge on any atom is 0.107 e. The van der Waals surface area contributed by atoms with Gasteiger partial charge in [0.2, 0.25) is 0 Å². The standard InChI is InChI=1S/C14H22N2/c1-3-6-13-7-5-9-14(12-15,10-8-13)16-11-4-2/h2,13,16H,3,5-11H2,1H3. The molecule has 0 amide bonds. The summed E-state index contributed by atoms with van der Waals surface area (Å²) < 4.78 is 0. The van der Waals surface area contributed by atoms with E-state index in [2.05, 4.69) is 24.2 Å². The lowest BCUT2D eigenvalue weighted by Gasteiger charge is -2.25. The fraction of sp³-hybridized carbons (Fsp3) is 0.786. The van der Waals surface area contributed by atoms with Crippen molar-refractivity contribution in [3.63, 3.8) is 0 Å². The number of terminal acetylenes is 1. The van der Waals surface area contributed by atoms with E-state index in [9.17, 15) is 5.26 Å². The van der Waals surface area contributed by atoms with Gasteiger partial charge in [-0.1, -0.05) is 38.5 Å². The predicted octanol–water partition coefficient (Wildman–Crippen LogP) is 2.85. The van der Waals surface area contributed by atoms with Crippen molar-refractivity contribution in [3.8, 4) is 18.4 Å². The summed E-state index contributed by atoms with van der Waals surface area (Å²) in [5.41, 5.74) is -0.352. The van der Waals surface area contributed by atoms with Gasteiger partial charge in [0.05, 0.1) is 12.6 Å². The van der Waals surface area contributed by atoms with Crippen molar-refractivity contribution >= 4 is 0 Å². The quantitative estimate of drug-likeness (QED) is 0.582. The number of nitrogens with zero attached hydrogens (tertiary/aromatic N) is 1. The first-order valence-corrected chi connectivity index (χ1v) is 6.36. The molecule has 2 heteroatoms. The van der Waals surface area contributed by atoms with Gasteiger partial charge in [0, 0.05) is 0 Å². The van der Waals surface area contributed by atoms with E-state index in [1.165, 1.54) is 25.7 Å². The van der Waals surface area contributed by atoms with E-state index in [1.54, 1.807) is 0 Å². The zero-order valence-corrected chi connectivity index (χ0v) is 10.3. The summed E-state index contributed by atoms with van der Waals surface area (Å²) >= 11 is 0. The highest BCUT2D eigenvalue weighted by Crippen LogP contribution is 2.32. The molecule has 1 fully saturated rings. The first-order chi connectivity index (χ1) is 7.76. The largest absolute Gasteiger partial charge is 0.288 e. The summed E-state index contributed by atoms with van der Waals surface area (Å²) in [4.78, 5) is 0. The molecule has 88 valence electrons. The van der Waals surface area contributed by atoms with Crippen molar-refractivity contribution in [3.05, 3.63) is 0 Å². The Bertz CT molecular complexity index is 284. The van der Waals surface area contributed by atoms with Crippen molar-refractivity contribution < 1.29 is 0 Å². The van der Waals surface area contributed by atoms with Crippen LogP contribution < -0.4 is 5.32 Å². The Balaban J connectivity index is 2.55. The van der Waals surface area contributed by atoms with Crippen molar-refractivity contribution in [2.24, 2.45) is 5.92 Å². The zero-order valence-electron chi connectivity index (χ0n) is 10.3. The average molecular weight is 218 g/mol. The molecule has 0 heterocycles. The fourth-order valence-electron chi connectivity index (χ4n) is 2.66. The second kappa shape index (κ2) is 6.56. The van der Waals surface area contributed by atoms with E-state index < -0.39 is 0 Å². The summed E-state index contributed by atoms with van der Waals surface area (Å²) in [7, 11) is 0. The van der Waals surface area contributed by atoms with Gasteiger partial charge in [-0.15, -0.1) is 6.42 Å². The summed E-state index contributed by atoms with van der Waals surface area (Å²) in [5.74, 6) is 3.38. The third-order valence-corrected chi connectivity index (χ3v) is 3.64. The van der Waals surface area contributed by atoms with Crippen LogP contribution in [0.3, 0.4) is 0 Å². The molecule has 0 bridgehead atoms. The third-order valence-electron chi connectivity index (χ3n) is 3.64. The van der Waals surface area contributed by atoms with Crippen LogP contribution in [0.4, 0.5) is 0 Å². The van der Waals surface area contributed by atoms with Crippen LogP contribution in [0.5, 0.6) is 0 Å². The van der Waals surface area contributed by atoms with E-state index in [-0.39, 0.29) is 5.54 Å². The zero-order chi connectivity index (χ0) is 11.9. The first kappa shape index (κ1) is 13.1. The second-order valence-electron chi connectivity index (χ2n) is 4.84. The maximum absolute atomic E-state index is 9.33. The average Bonchev–Trinajstić information content (AvgIpc) is 2.51. The number of nitrogens with one attached hydrogen (secondary N) is 1. The van der Waals surface area contributed by atoms with E-state index in [4.69, 9.17) is 6.42 Å². The Hall–Kier alpha value is -0.990. The molecule has 16 heavy (non-hydrogen) atoms. The molecule has 2 nitrogen and oxygen atoms in total. The molecule has 0 aromatic heterocycles. The van der Waals surface area contributed by atoms with E-state index in [0.29, 0.717) is 6.54 Å². The molecule has 1 rings (SSSR count). The molecule has 0 aromatic rings. The number of rotatable bonds is 4. The Morgan fingerprint density at radius 1 is 1.44 bits per heavy atom. The van der Waals surface area contributed by atoms with Gasteiger partial charge in [0.15, 0.2) is 0 Å². The second-order valence-corrected chi connectivity index (χ2v) is 4.84. The van der Waals surface area contributed by atoms with Crippen LogP contribution in [0.25, 0.3) is 0 Å². The molecular formula is C14H22N2. The maximum atomic E-state index is 9.33. The predicted molar refractivity (Wildman–Crippen MR) is 66.7 cm³/mol. The van der Waals surface area contributed by atoms with Gasteiger partial charge in [0.1, 0.15) is 5.54 Å². The minimum atomic E-state index is -0.352. The van der Waals surface area contributed by atoms with E-state index >= 15 is 0 Å². The van der Waals surface area contributed by atoms with Gasteiger partial charge < -0.3 is 0 Å². The number of hydrogen-bond acceptors (Lipinski definition) is 2. The van der Waals surface area contributed by atoms with Crippen LogP contribution in [0.2, 0.25) is 0 Å². The topological polar surface area (TPSA) is 35.8 Å². The van der Waals surface area contributed by atoms with Crippen molar-refractivity contribution in [2.75, 3.05) is 6.54 Å². The number of nitriles is 1. The van der Waals surface area contributed by atoms with Crippen LogP contribution in [0.15, 0.2) is 0 Å². The highest BCUT2D eigenvalue weighted by atomic mass is 15.0. The molecule has 0 aliphatic heterocycles. The summed E-state index contributed by atoms with van der Waals surface area (Å²) in [6.07, 6.45) is 13.3. The van der Waals surface area contributed by atoms with Crippen LogP contribution in [-0.4, -0.2) is 12.1 Å². The van der Waals surface area contributed by atoms with Gasteiger partial charge >= 0.3 is 0 Å². The summed E-state index contributed by atoms with van der Waals surface area (Å²) in [6, 6.07) is 2.45. The summed E-state index contributed by atoms with van der Waals surface area (Å²) in [5, 5.41) is 12.6. The van der Waals surface area contributed by atoms with Gasteiger partial charge in [-0.3, -0.25) is 5.32 Å². The molecule has 0 radical (unpaired) electrons. The SMILES string of the molecule is C#CCNC1(C#N)CCCC(CCC)CC1. The first-order valence-electron chi connectivity index (χ1n) is 6.36. The Morgan fingerprint density at radius 2 is 2.25 bits per heavy atom. The molecule has 1 N–H and O–H groups in total. The normalized spacial score (nSPS) is 30.1. The van der Waals surface area contributed by atoms with Crippen LogP contribution in [-0.2, 0) is 0 Å². The molecule has 1 saturated carbocycles. The molecule has 0 saturated heterocycles. The Labute approximate surface area is 99.4 Å². The molecular weight excluding hydrogens is 196 g/mol. The highest BCUT2D eigenvalue weighted by Gasteiger charge is 2.32. The Morgan fingerprint density at radius 3 is 2.88 bits per heavy atom. The smallest absolute Gasteiger partial charge is 0.107 e. The molecule has 1 aliphatic carbocycles. The molecule has 0 spiro atoms. The van der Waals surface area contributed by atoms with Gasteiger partial charge in [-0.25, -0.2) is 0 Å². The van der Waals surface area contributed by atoms with Crippen LogP contribution in [0.1, 0.15) is 51.9 Å². The van der Waals surface area contributed by atoms with Gasteiger partial charge in [0.25, 0.3) is 0 Å². The minimum Gasteiger partial charge on any atom is -0.288 e. The highest BCUT2D eigenvalue weighted by molar-refractivity contribution is 5.10. The lowest BCUT2D eigenvalue weighted by atomic mass is 9.90. The van der Waals surface area contributed by atoms with Crippen LogP contribution >= 0.6 is 0 Å². The van der Waals surface area contributed by atoms with Crippen molar-refractivity contribution in [2.45, 2.75) is 57.4 Å². The minimum absolute atomic E-state index is 0.352. The summed E-state index contributed by atoms with van der Waals surface area (Å²) in [6.45, 7) is 2.74. The van der Waals surface area contributed by atoms with Crippen molar-refractivity contribution in [1.82, 2.24) is 5.32 Å². The fourth-order valence-corrected chi connectivity index (χ4v) is 2.66. The molecule has 2 unspecified atom stereocenters. The van der Waals surface area contributed by atoms with E-state index in [0.717, 1.165) is 25.2 Å². The monoisotopic (exact) mass is 218 g/mol. The molecule has 2 atom stereocenters. The lowest BCUT2D eigenvalue weighted by Crippen LogP contribution is -2.43. The Kier molecular flexibility index (Phi) is 5.36. The molecule has 1 aliphatic rings. The van der Waals surface area contributed by atoms with Crippen LogP contribution in [0, 0.1) is 29.6 Å². The number of hydrogen-bond donors (Lipinski definition) is 1. The van der Waals surface area contributed by atoms with Crippen molar-refractivity contribution in [1.29, 1.82) is 5.26 Å². The van der Waals surface area contributed by atoms with Gasteiger partial charge in [-0.2, -0.15) is 5.26 Å². The van der Waals surface area contributed by atoms with Gasteiger partial charge in [-0.05, 0) is 25.2 Å².